The zero-order valence-electron chi connectivity index (χ0n) is 10.6. The van der Waals surface area contributed by atoms with Gasteiger partial charge in [0.05, 0.1) is 0 Å². The number of aliphatic carboxylic acids is 1. The standard InChI is InChI=1S/C12H22N2O3/c1-12(2)6-4-8-14(10(12)11(16)17)9(15)5-3-7-13/h10H,3-8,13H2,1-2H3,(H,16,17). The molecule has 98 valence electrons. The predicted octanol–water partition coefficient (Wildman–Crippen LogP) is 0.827. The molecular weight excluding hydrogens is 220 g/mol. The average molecular weight is 242 g/mol. The Kier molecular flexibility index (Phi) is 4.51. The van der Waals surface area contributed by atoms with Crippen molar-refractivity contribution in [2.24, 2.45) is 11.1 Å². The van der Waals surface area contributed by atoms with Crippen molar-refractivity contribution in [1.29, 1.82) is 0 Å². The number of carboxylic acids is 1. The number of nitrogens with two attached hydrogens (primary N) is 1. The van der Waals surface area contributed by atoms with Gasteiger partial charge in [-0.1, -0.05) is 13.8 Å². The fourth-order valence-corrected chi connectivity index (χ4v) is 2.53. The van der Waals surface area contributed by atoms with Crippen LogP contribution in [0.15, 0.2) is 0 Å². The highest BCUT2D eigenvalue weighted by Crippen LogP contribution is 2.35. The van der Waals surface area contributed by atoms with Crippen LogP contribution in [-0.2, 0) is 9.59 Å². The molecule has 5 heteroatoms. The van der Waals surface area contributed by atoms with Crippen LogP contribution in [0.4, 0.5) is 0 Å². The van der Waals surface area contributed by atoms with Crippen molar-refractivity contribution >= 4 is 11.9 Å². The number of nitrogens with zero attached hydrogens (tertiary/aromatic N) is 1. The van der Waals surface area contributed by atoms with E-state index >= 15 is 0 Å². The average Bonchev–Trinajstić information content (AvgIpc) is 2.23. The van der Waals surface area contributed by atoms with Gasteiger partial charge in [0, 0.05) is 13.0 Å². The third-order valence-corrected chi connectivity index (χ3v) is 3.42. The van der Waals surface area contributed by atoms with Gasteiger partial charge in [0.25, 0.3) is 0 Å². The Bertz CT molecular complexity index is 302. The first-order chi connectivity index (χ1) is 7.90. The molecule has 5 nitrogen and oxygen atoms in total. The molecule has 1 rings (SSSR count). The minimum absolute atomic E-state index is 0.0874. The molecule has 0 saturated carbocycles. The van der Waals surface area contributed by atoms with Crippen LogP contribution < -0.4 is 5.73 Å². The van der Waals surface area contributed by atoms with Gasteiger partial charge in [-0.2, -0.15) is 0 Å². The highest BCUT2D eigenvalue weighted by atomic mass is 16.4. The predicted molar refractivity (Wildman–Crippen MR) is 64.4 cm³/mol. The van der Waals surface area contributed by atoms with Crippen LogP contribution in [0.1, 0.15) is 39.5 Å². The summed E-state index contributed by atoms with van der Waals surface area (Å²) in [6.07, 6.45) is 2.66. The highest BCUT2D eigenvalue weighted by molar-refractivity contribution is 5.84. The summed E-state index contributed by atoms with van der Waals surface area (Å²) in [6.45, 7) is 4.83. The van der Waals surface area contributed by atoms with Gasteiger partial charge >= 0.3 is 5.97 Å². The lowest BCUT2D eigenvalue weighted by atomic mass is 9.76. The first-order valence-electron chi connectivity index (χ1n) is 6.12. The Morgan fingerprint density at radius 2 is 2.12 bits per heavy atom. The molecule has 0 spiro atoms. The van der Waals surface area contributed by atoms with E-state index in [9.17, 15) is 14.7 Å². The van der Waals surface area contributed by atoms with Crippen molar-refractivity contribution < 1.29 is 14.7 Å². The second kappa shape index (κ2) is 5.49. The zero-order chi connectivity index (χ0) is 13.1. The van der Waals surface area contributed by atoms with Crippen molar-refractivity contribution in [3.63, 3.8) is 0 Å². The SMILES string of the molecule is CC1(C)CCCN(C(=O)CCCN)C1C(=O)O. The Balaban J connectivity index is 2.81. The number of carbonyl (C=O) groups excluding carboxylic acids is 1. The summed E-state index contributed by atoms with van der Waals surface area (Å²) in [5.41, 5.74) is 5.01. The van der Waals surface area contributed by atoms with Crippen LogP contribution in [0.25, 0.3) is 0 Å². The van der Waals surface area contributed by atoms with Gasteiger partial charge in [-0.05, 0) is 31.2 Å². The smallest absolute Gasteiger partial charge is 0.326 e. The Morgan fingerprint density at radius 3 is 2.65 bits per heavy atom. The summed E-state index contributed by atoms with van der Waals surface area (Å²) in [4.78, 5) is 24.8. The molecule has 1 saturated heterocycles. The lowest BCUT2D eigenvalue weighted by Crippen LogP contribution is -2.56. The minimum atomic E-state index is -0.907. The molecule has 0 aliphatic carbocycles. The lowest BCUT2D eigenvalue weighted by molar-refractivity contribution is -0.158. The summed E-state index contributed by atoms with van der Waals surface area (Å²) in [5, 5.41) is 9.30. The number of carboxylic acid groups (broad SMARTS) is 1. The second-order valence-corrected chi connectivity index (χ2v) is 5.31. The van der Waals surface area contributed by atoms with E-state index in [-0.39, 0.29) is 11.3 Å². The van der Waals surface area contributed by atoms with Crippen LogP contribution in [-0.4, -0.2) is 41.0 Å². The molecule has 0 aromatic heterocycles. The van der Waals surface area contributed by atoms with Gasteiger partial charge in [0.1, 0.15) is 6.04 Å². The molecule has 1 heterocycles. The largest absolute Gasteiger partial charge is 0.480 e. The van der Waals surface area contributed by atoms with Gasteiger partial charge in [-0.3, -0.25) is 4.79 Å². The maximum Gasteiger partial charge on any atom is 0.326 e. The summed E-state index contributed by atoms with van der Waals surface area (Å²) in [6, 6.07) is -0.707. The van der Waals surface area contributed by atoms with Gasteiger partial charge in [0.15, 0.2) is 0 Å². The van der Waals surface area contributed by atoms with Crippen LogP contribution in [0.5, 0.6) is 0 Å². The molecule has 1 fully saturated rings. The summed E-state index contributed by atoms with van der Waals surface area (Å²) >= 11 is 0. The lowest BCUT2D eigenvalue weighted by Gasteiger charge is -2.44. The monoisotopic (exact) mass is 242 g/mol. The van der Waals surface area contributed by atoms with Crippen molar-refractivity contribution in [2.45, 2.75) is 45.6 Å². The van der Waals surface area contributed by atoms with E-state index in [1.54, 1.807) is 0 Å². The maximum atomic E-state index is 12.0. The van der Waals surface area contributed by atoms with Gasteiger partial charge < -0.3 is 15.7 Å². The zero-order valence-corrected chi connectivity index (χ0v) is 10.6. The Morgan fingerprint density at radius 1 is 1.47 bits per heavy atom. The molecule has 3 N–H and O–H groups in total. The Labute approximate surface area is 102 Å². The van der Waals surface area contributed by atoms with Crippen molar-refractivity contribution in [3.05, 3.63) is 0 Å². The molecular formula is C12H22N2O3. The number of likely N-dealkylation sites (tertiary alicyclic amines) is 1. The molecule has 0 radical (unpaired) electrons. The Hall–Kier alpha value is -1.10. The van der Waals surface area contributed by atoms with Crippen molar-refractivity contribution in [3.8, 4) is 0 Å². The van der Waals surface area contributed by atoms with Crippen LogP contribution in [0, 0.1) is 5.41 Å². The van der Waals surface area contributed by atoms with Gasteiger partial charge in [0.2, 0.25) is 5.91 Å². The number of rotatable bonds is 4. The quantitative estimate of drug-likeness (QED) is 0.764. The van der Waals surface area contributed by atoms with E-state index in [0.717, 1.165) is 12.8 Å². The highest BCUT2D eigenvalue weighted by Gasteiger charge is 2.44. The fourth-order valence-electron chi connectivity index (χ4n) is 2.53. The maximum absolute atomic E-state index is 12.0. The van der Waals surface area contributed by atoms with E-state index < -0.39 is 12.0 Å². The number of piperidine rings is 1. The van der Waals surface area contributed by atoms with E-state index in [2.05, 4.69) is 0 Å². The number of hydrogen-bond donors (Lipinski definition) is 2. The topological polar surface area (TPSA) is 83.6 Å². The van der Waals surface area contributed by atoms with Crippen molar-refractivity contribution in [1.82, 2.24) is 4.90 Å². The molecule has 1 aliphatic heterocycles. The normalized spacial score (nSPS) is 23.5. The second-order valence-electron chi connectivity index (χ2n) is 5.31. The van der Waals surface area contributed by atoms with Gasteiger partial charge in [-0.15, -0.1) is 0 Å². The molecule has 1 atom stereocenters. The van der Waals surface area contributed by atoms with Gasteiger partial charge in [-0.25, -0.2) is 4.79 Å². The fraction of sp³-hybridized carbons (Fsp3) is 0.833. The van der Waals surface area contributed by atoms with E-state index in [0.29, 0.717) is 25.9 Å². The molecule has 0 aromatic rings. The molecule has 1 amide bonds. The molecule has 17 heavy (non-hydrogen) atoms. The number of hydrogen-bond acceptors (Lipinski definition) is 3. The summed E-state index contributed by atoms with van der Waals surface area (Å²) in [7, 11) is 0. The third-order valence-electron chi connectivity index (χ3n) is 3.42. The molecule has 0 aromatic carbocycles. The third kappa shape index (κ3) is 3.19. The van der Waals surface area contributed by atoms with Crippen LogP contribution in [0.2, 0.25) is 0 Å². The molecule has 1 unspecified atom stereocenters. The van der Waals surface area contributed by atoms with Crippen LogP contribution >= 0.6 is 0 Å². The summed E-state index contributed by atoms with van der Waals surface area (Å²) < 4.78 is 0. The minimum Gasteiger partial charge on any atom is -0.480 e. The molecule has 0 bridgehead atoms. The molecule has 1 aliphatic rings. The van der Waals surface area contributed by atoms with Crippen LogP contribution in [0.3, 0.4) is 0 Å². The van der Waals surface area contributed by atoms with E-state index in [4.69, 9.17) is 5.73 Å². The van der Waals surface area contributed by atoms with E-state index in [1.807, 2.05) is 13.8 Å². The number of carbonyl (C=O) groups is 2. The first-order valence-corrected chi connectivity index (χ1v) is 6.12. The number of amides is 1. The summed E-state index contributed by atoms with van der Waals surface area (Å²) in [5.74, 6) is -0.994. The van der Waals surface area contributed by atoms with Crippen molar-refractivity contribution in [2.75, 3.05) is 13.1 Å². The van der Waals surface area contributed by atoms with E-state index in [1.165, 1.54) is 4.90 Å². The first kappa shape index (κ1) is 14.0.